The van der Waals surface area contributed by atoms with Crippen molar-refractivity contribution in [3.8, 4) is 0 Å². The van der Waals surface area contributed by atoms with Crippen LogP contribution in [0.2, 0.25) is 0 Å². The Hall–Kier alpha value is -1.21. The molecule has 0 aromatic carbocycles. The van der Waals surface area contributed by atoms with E-state index in [4.69, 9.17) is 0 Å². The standard InChI is InChI=1S/C15H24N2O3S2/c1-10-11(2)15(21-12(10)3)16-13(18)9-22(20)8-6-7-14(19)17(4)5/h6-9H2,1-5H3,(H,16,18)/t22-/m0/s1. The summed E-state index contributed by atoms with van der Waals surface area (Å²) in [5.74, 6) is 0.128. The van der Waals surface area contributed by atoms with Crippen LogP contribution in [-0.4, -0.2) is 46.5 Å². The highest BCUT2D eigenvalue weighted by atomic mass is 32.2. The van der Waals surface area contributed by atoms with E-state index in [-0.39, 0.29) is 17.6 Å². The summed E-state index contributed by atoms with van der Waals surface area (Å²) in [5, 5.41) is 3.66. The predicted molar refractivity (Wildman–Crippen MR) is 93.0 cm³/mol. The molecule has 2 amide bonds. The van der Waals surface area contributed by atoms with E-state index in [1.165, 1.54) is 15.3 Å². The summed E-state index contributed by atoms with van der Waals surface area (Å²) in [4.78, 5) is 26.0. The van der Waals surface area contributed by atoms with Gasteiger partial charge in [-0.1, -0.05) is 0 Å². The highest BCUT2D eigenvalue weighted by Gasteiger charge is 2.14. The van der Waals surface area contributed by atoms with Gasteiger partial charge in [-0.25, -0.2) is 0 Å². The quantitative estimate of drug-likeness (QED) is 0.825. The first-order valence-corrected chi connectivity index (χ1v) is 9.44. The van der Waals surface area contributed by atoms with Crippen molar-refractivity contribution < 1.29 is 13.8 Å². The average Bonchev–Trinajstić information content (AvgIpc) is 2.65. The average molecular weight is 345 g/mol. The van der Waals surface area contributed by atoms with Crippen molar-refractivity contribution in [2.75, 3.05) is 30.9 Å². The lowest BCUT2D eigenvalue weighted by atomic mass is 10.2. The van der Waals surface area contributed by atoms with Crippen LogP contribution in [0.4, 0.5) is 5.00 Å². The lowest BCUT2D eigenvalue weighted by molar-refractivity contribution is -0.128. The van der Waals surface area contributed by atoms with Gasteiger partial charge >= 0.3 is 0 Å². The molecule has 1 aromatic heterocycles. The minimum absolute atomic E-state index is 0.0154. The van der Waals surface area contributed by atoms with Crippen LogP contribution in [0.1, 0.15) is 28.8 Å². The van der Waals surface area contributed by atoms with Crippen LogP contribution in [0.25, 0.3) is 0 Å². The van der Waals surface area contributed by atoms with Gasteiger partial charge < -0.3 is 10.2 Å². The molecule has 1 aromatic rings. The number of aryl methyl sites for hydroxylation is 1. The third-order valence-electron chi connectivity index (χ3n) is 3.49. The fraction of sp³-hybridized carbons (Fsp3) is 0.600. The van der Waals surface area contributed by atoms with Crippen LogP contribution in [-0.2, 0) is 20.4 Å². The summed E-state index contributed by atoms with van der Waals surface area (Å²) < 4.78 is 11.9. The van der Waals surface area contributed by atoms with Crippen molar-refractivity contribution in [3.05, 3.63) is 16.0 Å². The Morgan fingerprint density at radius 2 is 1.82 bits per heavy atom. The minimum atomic E-state index is -1.24. The number of hydrogen-bond acceptors (Lipinski definition) is 4. The van der Waals surface area contributed by atoms with E-state index in [1.54, 1.807) is 25.4 Å². The Kier molecular flexibility index (Phi) is 7.22. The summed E-state index contributed by atoms with van der Waals surface area (Å²) in [7, 11) is 2.15. The maximum Gasteiger partial charge on any atom is 0.237 e. The van der Waals surface area contributed by atoms with Gasteiger partial charge in [0, 0.05) is 41.9 Å². The molecule has 0 saturated carbocycles. The Morgan fingerprint density at radius 1 is 1.18 bits per heavy atom. The first-order chi connectivity index (χ1) is 10.2. The Labute approximate surface area is 138 Å². The summed E-state index contributed by atoms with van der Waals surface area (Å²) in [6, 6.07) is 0. The van der Waals surface area contributed by atoms with Gasteiger partial charge in [0.2, 0.25) is 11.8 Å². The zero-order chi connectivity index (χ0) is 16.9. The van der Waals surface area contributed by atoms with E-state index < -0.39 is 10.8 Å². The number of amides is 2. The van der Waals surface area contributed by atoms with Crippen LogP contribution < -0.4 is 5.32 Å². The van der Waals surface area contributed by atoms with Gasteiger partial charge in [0.15, 0.2) is 0 Å². The van der Waals surface area contributed by atoms with Gasteiger partial charge in [-0.15, -0.1) is 11.3 Å². The zero-order valence-corrected chi connectivity index (χ0v) is 15.4. The fourth-order valence-electron chi connectivity index (χ4n) is 1.85. The molecule has 0 spiro atoms. The molecular formula is C15H24N2O3S2. The van der Waals surface area contributed by atoms with Gasteiger partial charge in [-0.2, -0.15) is 0 Å². The van der Waals surface area contributed by atoms with Crippen LogP contribution in [0.3, 0.4) is 0 Å². The van der Waals surface area contributed by atoms with Crippen molar-refractivity contribution in [2.45, 2.75) is 33.6 Å². The van der Waals surface area contributed by atoms with E-state index in [9.17, 15) is 13.8 Å². The largest absolute Gasteiger partial charge is 0.349 e. The molecule has 1 N–H and O–H groups in total. The lowest BCUT2D eigenvalue weighted by Crippen LogP contribution is -2.23. The normalized spacial score (nSPS) is 12.0. The maximum atomic E-state index is 11.9. The zero-order valence-electron chi connectivity index (χ0n) is 13.8. The number of hydrogen-bond donors (Lipinski definition) is 1. The van der Waals surface area contributed by atoms with Gasteiger partial charge in [0.25, 0.3) is 0 Å². The Bertz CT molecular complexity index is 580. The number of carbonyl (C=O) groups excluding carboxylic acids is 2. The second kappa shape index (κ2) is 8.43. The first kappa shape index (κ1) is 18.8. The third-order valence-corrected chi connectivity index (χ3v) is 6.05. The first-order valence-electron chi connectivity index (χ1n) is 7.14. The van der Waals surface area contributed by atoms with Crippen molar-refractivity contribution >= 4 is 39.0 Å². The van der Waals surface area contributed by atoms with E-state index in [0.717, 1.165) is 10.6 Å². The number of nitrogens with zero attached hydrogens (tertiary/aromatic N) is 1. The molecule has 0 unspecified atom stereocenters. The molecule has 22 heavy (non-hydrogen) atoms. The van der Waals surface area contributed by atoms with Crippen LogP contribution >= 0.6 is 11.3 Å². The molecule has 0 aliphatic carbocycles. The summed E-state index contributed by atoms with van der Waals surface area (Å²) in [5.41, 5.74) is 2.25. The molecule has 0 bridgehead atoms. The van der Waals surface area contributed by atoms with Gasteiger partial charge in [-0.3, -0.25) is 13.8 Å². The Morgan fingerprint density at radius 3 is 2.32 bits per heavy atom. The van der Waals surface area contributed by atoms with E-state index in [2.05, 4.69) is 5.32 Å². The number of carbonyl (C=O) groups is 2. The molecule has 7 heteroatoms. The number of thiophene rings is 1. The predicted octanol–water partition coefficient (Wildman–Crippen LogP) is 2.23. The molecule has 0 aliphatic heterocycles. The van der Waals surface area contributed by atoms with Crippen molar-refractivity contribution in [3.63, 3.8) is 0 Å². The molecular weight excluding hydrogens is 320 g/mol. The molecule has 1 heterocycles. The summed E-state index contributed by atoms with van der Waals surface area (Å²) in [6.07, 6.45) is 0.899. The van der Waals surface area contributed by atoms with Crippen LogP contribution in [0.15, 0.2) is 0 Å². The van der Waals surface area contributed by atoms with Crippen molar-refractivity contribution in [2.24, 2.45) is 0 Å². The van der Waals surface area contributed by atoms with E-state index in [1.807, 2.05) is 20.8 Å². The molecule has 1 atom stereocenters. The van der Waals surface area contributed by atoms with Gasteiger partial charge in [-0.05, 0) is 38.3 Å². The van der Waals surface area contributed by atoms with E-state index in [0.29, 0.717) is 18.6 Å². The highest BCUT2D eigenvalue weighted by Crippen LogP contribution is 2.31. The number of anilines is 1. The molecule has 0 aliphatic rings. The summed E-state index contributed by atoms with van der Waals surface area (Å²) in [6.45, 7) is 6.01. The monoisotopic (exact) mass is 344 g/mol. The Balaban J connectivity index is 2.40. The molecule has 0 radical (unpaired) electrons. The van der Waals surface area contributed by atoms with Crippen LogP contribution in [0.5, 0.6) is 0 Å². The van der Waals surface area contributed by atoms with E-state index >= 15 is 0 Å². The van der Waals surface area contributed by atoms with Gasteiger partial charge in [0.05, 0.1) is 5.00 Å². The minimum Gasteiger partial charge on any atom is -0.349 e. The molecule has 5 nitrogen and oxygen atoms in total. The van der Waals surface area contributed by atoms with Crippen molar-refractivity contribution in [1.29, 1.82) is 0 Å². The van der Waals surface area contributed by atoms with Crippen molar-refractivity contribution in [1.82, 2.24) is 4.90 Å². The highest BCUT2D eigenvalue weighted by molar-refractivity contribution is 7.85. The third kappa shape index (κ3) is 5.53. The lowest BCUT2D eigenvalue weighted by Gasteiger charge is -2.09. The smallest absolute Gasteiger partial charge is 0.237 e. The topological polar surface area (TPSA) is 66.5 Å². The summed E-state index contributed by atoms with van der Waals surface area (Å²) >= 11 is 1.54. The SMILES string of the molecule is Cc1sc(NC(=O)C[S@@](=O)CCCC(=O)N(C)C)c(C)c1C. The second-order valence-corrected chi connectivity index (χ2v) is 8.27. The number of nitrogens with one attached hydrogen (secondary N) is 1. The molecule has 124 valence electrons. The molecule has 0 fully saturated rings. The fourth-order valence-corrected chi connectivity index (χ4v) is 3.91. The molecule has 1 rings (SSSR count). The maximum absolute atomic E-state index is 11.9. The second-order valence-electron chi connectivity index (χ2n) is 5.47. The molecule has 0 saturated heterocycles. The number of rotatable bonds is 7. The van der Waals surface area contributed by atoms with Gasteiger partial charge in [0.1, 0.15) is 5.75 Å². The van der Waals surface area contributed by atoms with Crippen LogP contribution in [0, 0.1) is 20.8 Å².